The Kier molecular flexibility index (Phi) is 4.20. The third-order valence-electron chi connectivity index (χ3n) is 0.721. The number of azo groups is 1. The molecule has 0 aromatic carbocycles. The molecule has 0 aromatic rings. The summed E-state index contributed by atoms with van der Waals surface area (Å²) < 4.78 is 4.65. The Bertz CT molecular complexity index is 166. The molecule has 3 nitrogen and oxygen atoms in total. The smallest absolute Gasteiger partial charge is 0.225 e. The molecule has 0 N–H and O–H groups in total. The molecular weight excluding hydrogens is 128 g/mol. The molecule has 0 saturated carbocycles. The third kappa shape index (κ3) is 5.03. The average Bonchev–Trinajstić information content (AvgIpc) is 1.87. The van der Waals surface area contributed by atoms with Crippen LogP contribution in [0.25, 0.3) is 0 Å². The van der Waals surface area contributed by atoms with Gasteiger partial charge in [0.05, 0.1) is 7.11 Å². The molecule has 3 heteroatoms. The fourth-order valence-corrected chi connectivity index (χ4v) is 0.250. The van der Waals surface area contributed by atoms with Crippen LogP contribution in [0.5, 0.6) is 0 Å². The minimum absolute atomic E-state index is 0.317. The van der Waals surface area contributed by atoms with Crippen LogP contribution in [0, 0.1) is 0 Å². The highest BCUT2D eigenvalue weighted by molar-refractivity contribution is 4.91. The molecule has 0 heterocycles. The lowest BCUT2D eigenvalue weighted by Crippen LogP contribution is -1.75. The normalized spacial score (nSPS) is 9.50. The maximum absolute atomic E-state index is 4.65. The van der Waals surface area contributed by atoms with Crippen molar-refractivity contribution >= 4 is 0 Å². The van der Waals surface area contributed by atoms with E-state index >= 15 is 0 Å². The van der Waals surface area contributed by atoms with Crippen molar-refractivity contribution in [3.05, 3.63) is 24.2 Å². The molecule has 0 aliphatic rings. The Balaban J connectivity index is 3.77. The molecule has 10 heavy (non-hydrogen) atoms. The number of allylic oxidation sites excluding steroid dienone is 1. The second-order valence-corrected chi connectivity index (χ2v) is 2.02. The predicted molar refractivity (Wildman–Crippen MR) is 40.4 cm³/mol. The van der Waals surface area contributed by atoms with Gasteiger partial charge in [-0.1, -0.05) is 5.57 Å². The van der Waals surface area contributed by atoms with Crippen LogP contribution in [0.15, 0.2) is 34.5 Å². The zero-order chi connectivity index (χ0) is 7.98. The Labute approximate surface area is 61.1 Å². The van der Waals surface area contributed by atoms with Crippen LogP contribution >= 0.6 is 0 Å². The number of nitrogens with zero attached hydrogens (tertiary/aromatic N) is 2. The van der Waals surface area contributed by atoms with Crippen LogP contribution in [-0.2, 0) is 4.74 Å². The van der Waals surface area contributed by atoms with Gasteiger partial charge in [0.1, 0.15) is 0 Å². The topological polar surface area (TPSA) is 34.0 Å². The van der Waals surface area contributed by atoms with Gasteiger partial charge in [0.25, 0.3) is 0 Å². The van der Waals surface area contributed by atoms with E-state index < -0.39 is 0 Å². The lowest BCUT2D eigenvalue weighted by atomic mass is 10.4. The quantitative estimate of drug-likeness (QED) is 0.438. The standard InChI is InChI=1S/C7H12N2O/c1-6(2)5-8-9-7(3)10-4/h5H,3H2,1-2,4H3/b9-8-. The van der Waals surface area contributed by atoms with Crippen molar-refractivity contribution in [1.82, 2.24) is 0 Å². The van der Waals surface area contributed by atoms with E-state index in [1.54, 1.807) is 6.20 Å². The number of rotatable bonds is 3. The van der Waals surface area contributed by atoms with Crippen molar-refractivity contribution in [2.75, 3.05) is 7.11 Å². The number of hydrogen-bond acceptors (Lipinski definition) is 3. The predicted octanol–water partition coefficient (Wildman–Crippen LogP) is 2.48. The summed E-state index contributed by atoms with van der Waals surface area (Å²) in [5.74, 6) is 0.317. The zero-order valence-electron chi connectivity index (χ0n) is 6.59. The maximum atomic E-state index is 4.65. The second-order valence-electron chi connectivity index (χ2n) is 2.02. The fraction of sp³-hybridized carbons (Fsp3) is 0.429. The SMILES string of the molecule is C=C(/N=N\C=C(C)C)OC. The maximum Gasteiger partial charge on any atom is 0.225 e. The van der Waals surface area contributed by atoms with E-state index in [1.165, 1.54) is 7.11 Å². The van der Waals surface area contributed by atoms with Crippen LogP contribution in [0.2, 0.25) is 0 Å². The van der Waals surface area contributed by atoms with Gasteiger partial charge in [-0.25, -0.2) is 0 Å². The first-order valence-corrected chi connectivity index (χ1v) is 2.94. The molecule has 0 spiro atoms. The largest absolute Gasteiger partial charge is 0.480 e. The van der Waals surface area contributed by atoms with E-state index in [4.69, 9.17) is 0 Å². The van der Waals surface area contributed by atoms with Crippen LogP contribution in [0.3, 0.4) is 0 Å². The molecule has 0 aliphatic heterocycles. The Morgan fingerprint density at radius 2 is 2.10 bits per heavy atom. The van der Waals surface area contributed by atoms with Gasteiger partial charge in [-0.3, -0.25) is 0 Å². The van der Waals surface area contributed by atoms with Crippen LogP contribution in [-0.4, -0.2) is 7.11 Å². The van der Waals surface area contributed by atoms with Crippen LogP contribution in [0.4, 0.5) is 0 Å². The molecule has 0 radical (unpaired) electrons. The van der Waals surface area contributed by atoms with Gasteiger partial charge in [0.15, 0.2) is 0 Å². The highest BCUT2D eigenvalue weighted by Gasteiger charge is 1.80. The van der Waals surface area contributed by atoms with E-state index in [1.807, 2.05) is 13.8 Å². The Hall–Kier alpha value is -1.12. The first-order valence-electron chi connectivity index (χ1n) is 2.94. The minimum atomic E-state index is 0.317. The van der Waals surface area contributed by atoms with Gasteiger partial charge in [0.2, 0.25) is 5.88 Å². The summed E-state index contributed by atoms with van der Waals surface area (Å²) in [5.41, 5.74) is 1.09. The lowest BCUT2D eigenvalue weighted by Gasteiger charge is -1.90. The van der Waals surface area contributed by atoms with Crippen LogP contribution in [0.1, 0.15) is 13.8 Å². The molecule has 0 atom stereocenters. The summed E-state index contributed by atoms with van der Waals surface area (Å²) in [6.07, 6.45) is 1.64. The Morgan fingerprint density at radius 3 is 2.50 bits per heavy atom. The molecule has 56 valence electrons. The van der Waals surface area contributed by atoms with Crippen molar-refractivity contribution in [3.8, 4) is 0 Å². The van der Waals surface area contributed by atoms with Gasteiger partial charge in [-0.2, -0.15) is 5.11 Å². The van der Waals surface area contributed by atoms with Crippen molar-refractivity contribution in [2.24, 2.45) is 10.2 Å². The van der Waals surface area contributed by atoms with E-state index in [2.05, 4.69) is 21.5 Å². The van der Waals surface area contributed by atoms with Crippen molar-refractivity contribution in [3.63, 3.8) is 0 Å². The van der Waals surface area contributed by atoms with E-state index in [-0.39, 0.29) is 0 Å². The molecule has 0 amide bonds. The molecule has 0 bridgehead atoms. The minimum Gasteiger partial charge on any atom is -0.480 e. The average molecular weight is 140 g/mol. The Morgan fingerprint density at radius 1 is 1.50 bits per heavy atom. The number of ether oxygens (including phenoxy) is 1. The van der Waals surface area contributed by atoms with Gasteiger partial charge >= 0.3 is 0 Å². The highest BCUT2D eigenvalue weighted by Crippen LogP contribution is 1.95. The number of hydrogen-bond donors (Lipinski definition) is 0. The third-order valence-corrected chi connectivity index (χ3v) is 0.721. The summed E-state index contributed by atoms with van der Waals surface area (Å²) in [4.78, 5) is 0. The molecule has 0 saturated heterocycles. The van der Waals surface area contributed by atoms with E-state index in [0.29, 0.717) is 5.88 Å². The van der Waals surface area contributed by atoms with Crippen LogP contribution < -0.4 is 0 Å². The molecular formula is C7H12N2O. The van der Waals surface area contributed by atoms with Crippen molar-refractivity contribution in [1.29, 1.82) is 0 Å². The highest BCUT2D eigenvalue weighted by atomic mass is 16.5. The van der Waals surface area contributed by atoms with Gasteiger partial charge < -0.3 is 4.74 Å². The lowest BCUT2D eigenvalue weighted by molar-refractivity contribution is 0.286. The van der Waals surface area contributed by atoms with E-state index in [0.717, 1.165) is 5.57 Å². The van der Waals surface area contributed by atoms with Crippen molar-refractivity contribution < 1.29 is 4.74 Å². The summed E-state index contributed by atoms with van der Waals surface area (Å²) in [6.45, 7) is 7.34. The molecule has 0 aliphatic carbocycles. The monoisotopic (exact) mass is 140 g/mol. The summed E-state index contributed by atoms with van der Waals surface area (Å²) in [7, 11) is 1.50. The van der Waals surface area contributed by atoms with Crippen molar-refractivity contribution in [2.45, 2.75) is 13.8 Å². The molecule has 0 rings (SSSR count). The van der Waals surface area contributed by atoms with E-state index in [9.17, 15) is 0 Å². The number of methoxy groups -OCH3 is 1. The summed E-state index contributed by atoms with van der Waals surface area (Å²) >= 11 is 0. The second kappa shape index (κ2) is 4.73. The van der Waals surface area contributed by atoms with Gasteiger partial charge in [-0.15, -0.1) is 5.11 Å². The van der Waals surface area contributed by atoms with Gasteiger partial charge in [0, 0.05) is 6.20 Å². The molecule has 0 fully saturated rings. The summed E-state index contributed by atoms with van der Waals surface area (Å²) in [5, 5.41) is 7.29. The zero-order valence-corrected chi connectivity index (χ0v) is 6.59. The first kappa shape index (κ1) is 8.88. The molecule has 0 unspecified atom stereocenters. The van der Waals surface area contributed by atoms with Gasteiger partial charge in [-0.05, 0) is 20.4 Å². The first-order chi connectivity index (χ1) is 4.66. The summed E-state index contributed by atoms with van der Waals surface area (Å²) in [6, 6.07) is 0. The fourth-order valence-electron chi connectivity index (χ4n) is 0.250. The molecule has 0 aromatic heterocycles.